The standard InChI is InChI=1S/C22H42O7S.Na.H/c1-3-5-7-9-11-13-15-17-19(20(23)24)22(21(25)26,30(27,28)29)18-16-14-12-10-8-6-4-2;;/h19H,3-18H2,1-2H3,(H,23,24)(H,25,26)(H,27,28,29);;. The van der Waals surface area contributed by atoms with E-state index >= 15 is 0 Å². The number of carboxylic acids is 2. The van der Waals surface area contributed by atoms with Crippen molar-refractivity contribution in [1.29, 1.82) is 0 Å². The van der Waals surface area contributed by atoms with Gasteiger partial charge in [0.15, 0.2) is 0 Å². The summed E-state index contributed by atoms with van der Waals surface area (Å²) in [5, 5.41) is 19.4. The van der Waals surface area contributed by atoms with Crippen LogP contribution in [0.15, 0.2) is 0 Å². The van der Waals surface area contributed by atoms with E-state index in [1.165, 1.54) is 0 Å². The first-order valence-electron chi connectivity index (χ1n) is 11.6. The van der Waals surface area contributed by atoms with Crippen LogP contribution in [0.3, 0.4) is 0 Å². The molecule has 0 saturated heterocycles. The van der Waals surface area contributed by atoms with Gasteiger partial charge in [0.25, 0.3) is 10.1 Å². The summed E-state index contributed by atoms with van der Waals surface area (Å²) in [6.07, 6.45) is 11.9. The molecule has 0 amide bonds. The molecule has 0 radical (unpaired) electrons. The number of hydrogen-bond acceptors (Lipinski definition) is 4. The predicted molar refractivity (Wildman–Crippen MR) is 125 cm³/mol. The monoisotopic (exact) mass is 474 g/mol. The number of hydrogen-bond donors (Lipinski definition) is 3. The second kappa shape index (κ2) is 18.3. The van der Waals surface area contributed by atoms with Crippen LogP contribution in [0.4, 0.5) is 0 Å². The van der Waals surface area contributed by atoms with Crippen molar-refractivity contribution in [2.75, 3.05) is 0 Å². The molecular formula is C22H43NaO7S. The van der Waals surface area contributed by atoms with Gasteiger partial charge in [-0.15, -0.1) is 0 Å². The Morgan fingerprint density at radius 1 is 0.742 bits per heavy atom. The Balaban J connectivity index is 0. The SMILES string of the molecule is CCCCCCCCCC(C(=O)O)C(CCCCCCCCC)(C(=O)O)S(=O)(=O)O.[NaH]. The van der Waals surface area contributed by atoms with E-state index in [0.717, 1.165) is 64.2 Å². The molecule has 0 saturated carbocycles. The van der Waals surface area contributed by atoms with Gasteiger partial charge in [-0.3, -0.25) is 14.1 Å². The fourth-order valence-electron chi connectivity index (χ4n) is 4.06. The van der Waals surface area contributed by atoms with Gasteiger partial charge in [-0.1, -0.05) is 104 Å². The maximum atomic E-state index is 12.2. The molecule has 0 aliphatic heterocycles. The molecule has 180 valence electrons. The van der Waals surface area contributed by atoms with Crippen LogP contribution in [-0.4, -0.2) is 69.4 Å². The van der Waals surface area contributed by atoms with Gasteiger partial charge in [-0.2, -0.15) is 8.42 Å². The summed E-state index contributed by atoms with van der Waals surface area (Å²) in [7, 11) is -5.11. The van der Waals surface area contributed by atoms with Crippen LogP contribution < -0.4 is 0 Å². The molecule has 31 heavy (non-hydrogen) atoms. The molecule has 0 heterocycles. The van der Waals surface area contributed by atoms with Gasteiger partial charge < -0.3 is 10.2 Å². The summed E-state index contributed by atoms with van der Waals surface area (Å²) in [5.74, 6) is -4.92. The average Bonchev–Trinajstić information content (AvgIpc) is 2.65. The zero-order valence-electron chi connectivity index (χ0n) is 18.8. The topological polar surface area (TPSA) is 129 Å². The van der Waals surface area contributed by atoms with Crippen LogP contribution in [-0.2, 0) is 19.7 Å². The van der Waals surface area contributed by atoms with E-state index in [4.69, 9.17) is 0 Å². The summed E-state index contributed by atoms with van der Waals surface area (Å²) in [6, 6.07) is 0. The molecule has 0 aliphatic rings. The molecule has 0 spiro atoms. The number of aliphatic carboxylic acids is 2. The van der Waals surface area contributed by atoms with E-state index in [-0.39, 0.29) is 48.8 Å². The molecule has 0 rings (SSSR count). The van der Waals surface area contributed by atoms with Gasteiger partial charge >= 0.3 is 41.5 Å². The number of carboxylic acid groups (broad SMARTS) is 2. The third-order valence-electron chi connectivity index (χ3n) is 5.93. The van der Waals surface area contributed by atoms with E-state index in [1.807, 2.05) is 0 Å². The molecular weight excluding hydrogens is 431 g/mol. The number of carbonyl (C=O) groups is 2. The quantitative estimate of drug-likeness (QED) is 0.128. The molecule has 7 nitrogen and oxygen atoms in total. The first kappa shape index (κ1) is 33.0. The molecule has 0 aliphatic carbocycles. The fourth-order valence-corrected chi connectivity index (χ4v) is 5.26. The van der Waals surface area contributed by atoms with Gasteiger partial charge in [0.05, 0.1) is 5.92 Å². The van der Waals surface area contributed by atoms with E-state index in [9.17, 15) is 32.8 Å². The van der Waals surface area contributed by atoms with Gasteiger partial charge in [-0.25, -0.2) is 0 Å². The summed E-state index contributed by atoms with van der Waals surface area (Å²) in [6.45, 7) is 4.22. The third kappa shape index (κ3) is 12.0. The third-order valence-corrected chi connectivity index (χ3v) is 7.52. The predicted octanol–water partition coefficient (Wildman–Crippen LogP) is 5.03. The Morgan fingerprint density at radius 3 is 1.48 bits per heavy atom. The zero-order valence-corrected chi connectivity index (χ0v) is 19.6. The summed E-state index contributed by atoms with van der Waals surface area (Å²) in [4.78, 5) is 23.9. The van der Waals surface area contributed by atoms with Crippen molar-refractivity contribution in [3.63, 3.8) is 0 Å². The Labute approximate surface area is 210 Å². The Hall–Kier alpha value is -0.150. The van der Waals surface area contributed by atoms with Crippen molar-refractivity contribution >= 4 is 51.6 Å². The molecule has 3 N–H and O–H groups in total. The van der Waals surface area contributed by atoms with E-state index < -0.39 is 32.7 Å². The van der Waals surface area contributed by atoms with Crippen LogP contribution in [0.5, 0.6) is 0 Å². The normalized spacial score (nSPS) is 14.4. The molecule has 0 bridgehead atoms. The average molecular weight is 475 g/mol. The van der Waals surface area contributed by atoms with Crippen molar-refractivity contribution in [2.24, 2.45) is 5.92 Å². The van der Waals surface area contributed by atoms with Gasteiger partial charge in [-0.05, 0) is 12.8 Å². The second-order valence-electron chi connectivity index (χ2n) is 8.34. The van der Waals surface area contributed by atoms with Crippen LogP contribution in [0.25, 0.3) is 0 Å². The molecule has 0 aromatic rings. The van der Waals surface area contributed by atoms with Crippen LogP contribution in [0.1, 0.15) is 117 Å². The fraction of sp³-hybridized carbons (Fsp3) is 0.909. The maximum absolute atomic E-state index is 12.2. The van der Waals surface area contributed by atoms with Crippen molar-refractivity contribution in [1.82, 2.24) is 0 Å². The van der Waals surface area contributed by atoms with Gasteiger partial charge in [0.1, 0.15) is 0 Å². The summed E-state index contributed by atoms with van der Waals surface area (Å²) < 4.78 is 31.5. The first-order valence-corrected chi connectivity index (χ1v) is 13.0. The molecule has 0 aromatic heterocycles. The van der Waals surface area contributed by atoms with Crippen molar-refractivity contribution in [3.05, 3.63) is 0 Å². The van der Waals surface area contributed by atoms with Crippen LogP contribution in [0, 0.1) is 5.92 Å². The summed E-state index contributed by atoms with van der Waals surface area (Å²) >= 11 is 0. The van der Waals surface area contributed by atoms with Crippen molar-refractivity contribution in [3.8, 4) is 0 Å². The van der Waals surface area contributed by atoms with E-state index in [0.29, 0.717) is 19.3 Å². The minimum atomic E-state index is -5.11. The minimum absolute atomic E-state index is 0. The van der Waals surface area contributed by atoms with E-state index in [1.54, 1.807) is 0 Å². The van der Waals surface area contributed by atoms with Gasteiger partial charge in [0, 0.05) is 0 Å². The molecule has 2 unspecified atom stereocenters. The Morgan fingerprint density at radius 2 is 1.13 bits per heavy atom. The van der Waals surface area contributed by atoms with Crippen molar-refractivity contribution in [2.45, 2.75) is 121 Å². The molecule has 2 atom stereocenters. The van der Waals surface area contributed by atoms with Crippen molar-refractivity contribution < 1.29 is 32.8 Å². The van der Waals surface area contributed by atoms with Crippen LogP contribution >= 0.6 is 0 Å². The number of unbranched alkanes of at least 4 members (excludes halogenated alkanes) is 12. The number of rotatable bonds is 20. The van der Waals surface area contributed by atoms with E-state index in [2.05, 4.69) is 13.8 Å². The summed E-state index contributed by atoms with van der Waals surface area (Å²) in [5.41, 5.74) is 0. The van der Waals surface area contributed by atoms with Gasteiger partial charge in [0.2, 0.25) is 4.75 Å². The second-order valence-corrected chi connectivity index (χ2v) is 10.0. The Kier molecular flexibility index (Phi) is 19.5. The van der Waals surface area contributed by atoms with Crippen LogP contribution in [0.2, 0.25) is 0 Å². The zero-order chi connectivity index (χ0) is 23.0. The molecule has 0 aromatic carbocycles. The molecule has 0 fully saturated rings. The Bertz CT molecular complexity index is 595. The molecule has 9 heteroatoms. The first-order chi connectivity index (χ1) is 14.1.